The lowest BCUT2D eigenvalue weighted by Crippen LogP contribution is -2.47. The number of carboxylic acids is 1. The number of carbonyl (C=O) groups is 2. The molecule has 2 fully saturated rings. The maximum atomic E-state index is 12.8. The molecule has 30 heavy (non-hydrogen) atoms. The lowest BCUT2D eigenvalue weighted by atomic mass is 10.0. The Morgan fingerprint density at radius 3 is 2.77 bits per heavy atom. The van der Waals surface area contributed by atoms with Crippen LogP contribution in [-0.4, -0.2) is 53.2 Å². The average molecular weight is 428 g/mol. The van der Waals surface area contributed by atoms with Crippen LogP contribution in [0.4, 0.5) is 0 Å². The van der Waals surface area contributed by atoms with Gasteiger partial charge in [-0.1, -0.05) is 35.9 Å². The highest BCUT2D eigenvalue weighted by Crippen LogP contribution is 2.36. The largest absolute Gasteiger partial charge is 0.490 e. The molecule has 2 saturated heterocycles. The fraction of sp³-hybridized carbons (Fsp3) is 0.409. The average Bonchev–Trinajstić information content (AvgIpc) is 3.41. The van der Waals surface area contributed by atoms with Gasteiger partial charge in [-0.15, -0.1) is 0 Å². The summed E-state index contributed by atoms with van der Waals surface area (Å²) in [6.07, 6.45) is 3.05. The molecule has 0 aliphatic carbocycles. The second kappa shape index (κ2) is 8.50. The van der Waals surface area contributed by atoms with Gasteiger partial charge >= 0.3 is 5.97 Å². The van der Waals surface area contributed by atoms with Gasteiger partial charge in [-0.3, -0.25) is 10.1 Å². The maximum absolute atomic E-state index is 12.8. The summed E-state index contributed by atoms with van der Waals surface area (Å²) in [6, 6.07) is 10.0. The third-order valence-electron chi connectivity index (χ3n) is 5.83. The van der Waals surface area contributed by atoms with Crippen LogP contribution >= 0.6 is 11.6 Å². The van der Waals surface area contributed by atoms with Crippen LogP contribution in [0.25, 0.3) is 10.8 Å². The number of aromatic carboxylic acids is 1. The van der Waals surface area contributed by atoms with Crippen LogP contribution in [0, 0.1) is 11.3 Å². The molecule has 0 saturated carbocycles. The molecule has 0 bridgehead atoms. The molecule has 2 heterocycles. The Bertz CT molecular complexity index is 1030. The molecule has 2 aliphatic rings. The number of fused-ring (bicyclic) bond motifs is 1. The summed E-state index contributed by atoms with van der Waals surface area (Å²) in [5.74, 6) is -0.621. The molecule has 0 aromatic heterocycles. The van der Waals surface area contributed by atoms with E-state index in [-0.39, 0.29) is 34.6 Å². The Kier molecular flexibility index (Phi) is 5.80. The van der Waals surface area contributed by atoms with Gasteiger partial charge in [0, 0.05) is 18.0 Å². The van der Waals surface area contributed by atoms with Crippen molar-refractivity contribution in [2.75, 3.05) is 13.2 Å². The zero-order valence-electron chi connectivity index (χ0n) is 16.3. The Morgan fingerprint density at radius 2 is 2.03 bits per heavy atom. The number of hydrogen-bond acceptors (Lipinski definition) is 5. The monoisotopic (exact) mass is 427 g/mol. The van der Waals surface area contributed by atoms with E-state index in [1.807, 2.05) is 0 Å². The van der Waals surface area contributed by atoms with Gasteiger partial charge in [0.2, 0.25) is 5.91 Å². The number of amides is 1. The standard InChI is InChI=1S/C22H22ClN3O4/c23-18-10-17(22(28)29)15-5-1-2-6-16(15)20(18)30-12-13-7-8-19(25-13)21(27)26-9-3-4-14(26)11-24/h1-2,5-6,10,13-14,19,25H,3-4,7-9,12H2,(H,28,29)/t13-,14+,19+/m1/s1. The van der Waals surface area contributed by atoms with Crippen molar-refractivity contribution in [3.8, 4) is 11.8 Å². The van der Waals surface area contributed by atoms with Crippen molar-refractivity contribution >= 4 is 34.2 Å². The smallest absolute Gasteiger partial charge is 0.336 e. The topological polar surface area (TPSA) is 103 Å². The zero-order valence-corrected chi connectivity index (χ0v) is 17.1. The molecule has 2 aromatic carbocycles. The Hall–Kier alpha value is -2.82. The highest BCUT2D eigenvalue weighted by molar-refractivity contribution is 6.34. The van der Waals surface area contributed by atoms with Gasteiger partial charge in [-0.25, -0.2) is 4.79 Å². The minimum absolute atomic E-state index is 0.0177. The number of rotatable bonds is 5. The number of benzene rings is 2. The first-order valence-electron chi connectivity index (χ1n) is 10.0. The summed E-state index contributed by atoms with van der Waals surface area (Å²) in [5.41, 5.74) is 0.130. The predicted octanol–water partition coefficient (Wildman–Crippen LogP) is 3.21. The molecule has 1 amide bonds. The van der Waals surface area contributed by atoms with Crippen molar-refractivity contribution in [3.63, 3.8) is 0 Å². The van der Waals surface area contributed by atoms with Gasteiger partial charge in [0.05, 0.1) is 22.7 Å². The second-order valence-corrected chi connectivity index (χ2v) is 8.12. The minimum Gasteiger partial charge on any atom is -0.490 e. The molecular weight excluding hydrogens is 406 g/mol. The fourth-order valence-corrected chi connectivity index (χ4v) is 4.60. The van der Waals surface area contributed by atoms with E-state index in [2.05, 4.69) is 11.4 Å². The summed E-state index contributed by atoms with van der Waals surface area (Å²) in [4.78, 5) is 26.0. The normalized spacial score (nSPS) is 23.5. The number of nitrogens with zero attached hydrogens (tertiary/aromatic N) is 2. The number of nitriles is 1. The van der Waals surface area contributed by atoms with E-state index in [0.29, 0.717) is 36.1 Å². The van der Waals surface area contributed by atoms with Crippen molar-refractivity contribution in [2.45, 2.75) is 43.8 Å². The third-order valence-corrected chi connectivity index (χ3v) is 6.11. The van der Waals surface area contributed by atoms with E-state index in [4.69, 9.17) is 16.3 Å². The molecule has 2 aliphatic heterocycles. The minimum atomic E-state index is -1.05. The van der Waals surface area contributed by atoms with Crippen LogP contribution in [0.15, 0.2) is 30.3 Å². The van der Waals surface area contributed by atoms with Crippen LogP contribution in [0.3, 0.4) is 0 Å². The number of ether oxygens (including phenoxy) is 1. The molecule has 0 spiro atoms. The molecular formula is C22H22ClN3O4. The number of carboxylic acid groups (broad SMARTS) is 1. The fourth-order valence-electron chi connectivity index (χ4n) is 4.33. The van der Waals surface area contributed by atoms with Crippen LogP contribution in [0.1, 0.15) is 36.0 Å². The first-order chi connectivity index (χ1) is 14.5. The lowest BCUT2D eigenvalue weighted by Gasteiger charge is -2.24. The van der Waals surface area contributed by atoms with E-state index in [1.165, 1.54) is 6.07 Å². The van der Waals surface area contributed by atoms with Gasteiger partial charge in [-0.05, 0) is 37.1 Å². The summed E-state index contributed by atoms with van der Waals surface area (Å²) in [5, 5.41) is 23.4. The van der Waals surface area contributed by atoms with Gasteiger partial charge in [0.25, 0.3) is 0 Å². The summed E-state index contributed by atoms with van der Waals surface area (Å²) in [7, 11) is 0. The van der Waals surface area contributed by atoms with Crippen LogP contribution in [-0.2, 0) is 4.79 Å². The van der Waals surface area contributed by atoms with E-state index >= 15 is 0 Å². The summed E-state index contributed by atoms with van der Waals surface area (Å²) in [6.45, 7) is 0.940. The third kappa shape index (κ3) is 3.81. The number of likely N-dealkylation sites (tertiary alicyclic amines) is 1. The molecule has 4 rings (SSSR count). The molecule has 2 aromatic rings. The second-order valence-electron chi connectivity index (χ2n) is 7.71. The molecule has 0 unspecified atom stereocenters. The lowest BCUT2D eigenvalue weighted by molar-refractivity contribution is -0.133. The van der Waals surface area contributed by atoms with Crippen molar-refractivity contribution < 1.29 is 19.4 Å². The SMILES string of the molecule is N#C[C@@H]1CCCN1C(=O)[C@@H]1CC[C@H](COc2c(Cl)cc(C(=O)O)c3ccccc23)N1. The molecule has 7 nitrogen and oxygen atoms in total. The predicted molar refractivity (Wildman–Crippen MR) is 112 cm³/mol. The highest BCUT2D eigenvalue weighted by atomic mass is 35.5. The number of carbonyl (C=O) groups excluding carboxylic acids is 1. The van der Waals surface area contributed by atoms with Gasteiger partial charge < -0.3 is 14.7 Å². The van der Waals surface area contributed by atoms with E-state index in [1.54, 1.807) is 29.2 Å². The van der Waals surface area contributed by atoms with Crippen LogP contribution in [0.2, 0.25) is 5.02 Å². The number of hydrogen-bond donors (Lipinski definition) is 2. The number of nitrogens with one attached hydrogen (secondary N) is 1. The van der Waals surface area contributed by atoms with E-state index < -0.39 is 5.97 Å². The van der Waals surface area contributed by atoms with Crippen LogP contribution < -0.4 is 10.1 Å². The van der Waals surface area contributed by atoms with Gasteiger partial charge in [0.15, 0.2) is 0 Å². The molecule has 0 radical (unpaired) electrons. The van der Waals surface area contributed by atoms with Gasteiger partial charge in [0.1, 0.15) is 18.4 Å². The quantitative estimate of drug-likeness (QED) is 0.759. The molecule has 2 N–H and O–H groups in total. The Balaban J connectivity index is 1.45. The maximum Gasteiger partial charge on any atom is 0.336 e. The van der Waals surface area contributed by atoms with E-state index in [9.17, 15) is 20.0 Å². The number of halogens is 1. The molecule has 156 valence electrons. The first kappa shape index (κ1) is 20.5. The Morgan fingerprint density at radius 1 is 1.27 bits per heavy atom. The van der Waals surface area contributed by atoms with Crippen molar-refractivity contribution in [3.05, 3.63) is 40.9 Å². The molecule has 8 heteroatoms. The molecule has 3 atom stereocenters. The van der Waals surface area contributed by atoms with Gasteiger partial charge in [-0.2, -0.15) is 5.26 Å². The van der Waals surface area contributed by atoms with Crippen LogP contribution in [0.5, 0.6) is 5.75 Å². The van der Waals surface area contributed by atoms with Crippen molar-refractivity contribution in [2.24, 2.45) is 0 Å². The first-order valence-corrected chi connectivity index (χ1v) is 10.4. The van der Waals surface area contributed by atoms with E-state index in [0.717, 1.165) is 19.3 Å². The zero-order chi connectivity index (χ0) is 21.3. The van der Waals surface area contributed by atoms with Crippen molar-refractivity contribution in [1.82, 2.24) is 10.2 Å². The highest BCUT2D eigenvalue weighted by Gasteiger charge is 2.37. The Labute approximate surface area is 179 Å². The summed E-state index contributed by atoms with van der Waals surface area (Å²) < 4.78 is 6.00. The van der Waals surface area contributed by atoms with Crippen molar-refractivity contribution in [1.29, 1.82) is 5.26 Å². The summed E-state index contributed by atoms with van der Waals surface area (Å²) >= 11 is 6.33.